The number of unbranched alkanes of at least 4 members (excludes halogenated alkanes) is 6. The van der Waals surface area contributed by atoms with Crippen LogP contribution in [0.3, 0.4) is 0 Å². The lowest BCUT2D eigenvalue weighted by Gasteiger charge is -2.29. The molecule has 0 aliphatic heterocycles. The van der Waals surface area contributed by atoms with E-state index in [1.165, 1.54) is 74.6 Å². The van der Waals surface area contributed by atoms with E-state index < -0.39 is 23.6 Å². The Bertz CT molecular complexity index is 3980. The Morgan fingerprint density at radius 1 is 0.375 bits per heavy atom. The van der Waals surface area contributed by atoms with Crippen molar-refractivity contribution in [3.8, 4) is 78.6 Å². The van der Waals surface area contributed by atoms with Gasteiger partial charge < -0.3 is 18.9 Å². The molecular formula is C88H92F2O6. The van der Waals surface area contributed by atoms with Crippen molar-refractivity contribution >= 4 is 33.5 Å². The van der Waals surface area contributed by atoms with Crippen LogP contribution >= 0.6 is 0 Å². The maximum atomic E-state index is 15.6. The molecule has 6 nitrogen and oxygen atoms in total. The summed E-state index contributed by atoms with van der Waals surface area (Å²) in [6, 6.07) is 62.3. The Labute approximate surface area is 567 Å². The van der Waals surface area contributed by atoms with Gasteiger partial charge >= 0.3 is 11.9 Å². The van der Waals surface area contributed by atoms with Crippen LogP contribution in [0.2, 0.25) is 0 Å². The minimum Gasteiger partial charge on any atom is -0.491 e. The number of rotatable bonds is 27. The molecular weight excluding hydrogens is 1190 g/mol. The van der Waals surface area contributed by atoms with Crippen molar-refractivity contribution in [2.45, 2.75) is 168 Å². The normalized spacial score (nSPS) is 16.4. The molecule has 0 saturated heterocycles. The number of ether oxygens (including phenoxy) is 4. The first-order valence-corrected chi connectivity index (χ1v) is 35.9. The van der Waals surface area contributed by atoms with Crippen molar-refractivity contribution < 1.29 is 37.3 Å². The zero-order chi connectivity index (χ0) is 66.3. The highest BCUT2D eigenvalue weighted by atomic mass is 19.1. The van der Waals surface area contributed by atoms with Gasteiger partial charge in [0.05, 0.1) is 24.3 Å². The van der Waals surface area contributed by atoms with Gasteiger partial charge in [-0.3, -0.25) is 0 Å². The fourth-order valence-corrected chi connectivity index (χ4v) is 15.0. The largest absolute Gasteiger partial charge is 0.491 e. The summed E-state index contributed by atoms with van der Waals surface area (Å²) in [6.07, 6.45) is 22.7. The SMILES string of the molecule is CCCCCCOc1ccc(-c2ccc(C(=O)Oc3c(-c4ccc(C5CCC(CCC)CC5)cc4)cc4ccccc4c3-c3c(OC(=O)c4ccc(-c5ccc(OCCCCCC)c(F)c5)cc4)c(-c4ccc(C5CCC(CCC)CC5)cc4)cc4ccccc34)cc2)cc1F. The van der Waals surface area contributed by atoms with Crippen molar-refractivity contribution in [2.24, 2.45) is 11.8 Å². The quantitative estimate of drug-likeness (QED) is 0.0290. The summed E-state index contributed by atoms with van der Waals surface area (Å²) in [5, 5.41) is 3.36. The smallest absolute Gasteiger partial charge is 0.343 e. The van der Waals surface area contributed by atoms with E-state index in [0.717, 1.165) is 133 Å². The van der Waals surface area contributed by atoms with E-state index in [2.05, 4.69) is 100 Å². The number of carbonyl (C=O) groups excluding carboxylic acids is 2. The molecule has 0 heterocycles. The molecule has 2 aliphatic carbocycles. The fourth-order valence-electron chi connectivity index (χ4n) is 15.0. The number of benzene rings is 10. The zero-order valence-corrected chi connectivity index (χ0v) is 56.5. The van der Waals surface area contributed by atoms with Gasteiger partial charge in [0.25, 0.3) is 0 Å². The Kier molecular flexibility index (Phi) is 22.5. The molecule has 10 aromatic carbocycles. The highest BCUT2D eigenvalue weighted by molar-refractivity contribution is 6.16. The monoisotopic (exact) mass is 1280 g/mol. The third kappa shape index (κ3) is 15.8. The van der Waals surface area contributed by atoms with Crippen molar-refractivity contribution in [2.75, 3.05) is 13.2 Å². The molecule has 0 aromatic heterocycles. The summed E-state index contributed by atoms with van der Waals surface area (Å²) in [7, 11) is 0. The van der Waals surface area contributed by atoms with Crippen LogP contribution < -0.4 is 18.9 Å². The number of halogens is 2. The first-order chi connectivity index (χ1) is 47.1. The van der Waals surface area contributed by atoms with Crippen molar-refractivity contribution in [1.29, 1.82) is 0 Å². The summed E-state index contributed by atoms with van der Waals surface area (Å²) in [4.78, 5) is 30.8. The molecule has 0 spiro atoms. The van der Waals surface area contributed by atoms with Crippen LogP contribution in [-0.4, -0.2) is 25.2 Å². The van der Waals surface area contributed by atoms with E-state index in [1.807, 2.05) is 72.8 Å². The van der Waals surface area contributed by atoms with Gasteiger partial charge in [-0.25, -0.2) is 18.4 Å². The second-order valence-electron chi connectivity index (χ2n) is 27.0. The Morgan fingerprint density at radius 2 is 0.740 bits per heavy atom. The molecule has 8 heteroatoms. The first kappa shape index (κ1) is 67.1. The zero-order valence-electron chi connectivity index (χ0n) is 56.5. The van der Waals surface area contributed by atoms with Crippen LogP contribution in [0.4, 0.5) is 8.78 Å². The maximum Gasteiger partial charge on any atom is 0.343 e. The molecule has 494 valence electrons. The van der Waals surface area contributed by atoms with Gasteiger partial charge in [-0.15, -0.1) is 0 Å². The molecule has 10 aromatic rings. The third-order valence-corrected chi connectivity index (χ3v) is 20.4. The third-order valence-electron chi connectivity index (χ3n) is 20.4. The summed E-state index contributed by atoms with van der Waals surface area (Å²) < 4.78 is 57.0. The van der Waals surface area contributed by atoms with Crippen molar-refractivity contribution in [1.82, 2.24) is 0 Å². The van der Waals surface area contributed by atoms with Gasteiger partial charge in [-0.1, -0.05) is 225 Å². The van der Waals surface area contributed by atoms with E-state index >= 15 is 18.4 Å². The minimum absolute atomic E-state index is 0.218. The second-order valence-corrected chi connectivity index (χ2v) is 27.0. The van der Waals surface area contributed by atoms with Gasteiger partial charge in [0, 0.05) is 22.3 Å². The van der Waals surface area contributed by atoms with E-state index in [9.17, 15) is 0 Å². The standard InChI is InChI=1S/C88H92F2O6/c1-5-9-11-17-53-93-81-51-49-71(57-79(81)89)65-37-45-69(46-38-65)87(91)95-85-77(67-41-33-63(34-42-67)61-29-25-59(19-7-3)26-30-61)55-73-21-13-15-23-75(73)83(85)84-76-24-16-14-22-74(76)56-78(68-43-35-64(36-44-68)62-31-27-60(20-8-4)28-32-62)86(84)96-88(92)70-47-39-66(40-48-70)72-50-52-82(80(90)58-72)94-54-18-12-10-6-2/h13-16,21-24,33-52,55-62H,5-12,17-20,25-32,53-54H2,1-4H3. The van der Waals surface area contributed by atoms with Crippen LogP contribution in [0.5, 0.6) is 23.0 Å². The molecule has 0 amide bonds. The fraction of sp³-hybridized carbons (Fsp3) is 0.341. The van der Waals surface area contributed by atoms with Gasteiger partial charge in [-0.2, -0.15) is 0 Å². The number of fused-ring (bicyclic) bond motifs is 2. The maximum absolute atomic E-state index is 15.6. The summed E-state index contributed by atoms with van der Waals surface area (Å²) in [5.74, 6) is 1.44. The van der Waals surface area contributed by atoms with Gasteiger partial charge in [0.2, 0.25) is 0 Å². The Hall–Kier alpha value is -8.88. The van der Waals surface area contributed by atoms with Gasteiger partial charge in [0.1, 0.15) is 11.5 Å². The molecule has 2 aliphatic rings. The molecule has 2 fully saturated rings. The molecule has 0 N–H and O–H groups in total. The number of esters is 2. The van der Waals surface area contributed by atoms with Crippen molar-refractivity contribution in [3.05, 3.63) is 228 Å². The molecule has 0 radical (unpaired) electrons. The topological polar surface area (TPSA) is 71.1 Å². The number of hydrogen-bond acceptors (Lipinski definition) is 6. The molecule has 0 atom stereocenters. The molecule has 12 rings (SSSR count). The van der Waals surface area contributed by atoms with Crippen LogP contribution in [0.15, 0.2) is 194 Å². The summed E-state index contributed by atoms with van der Waals surface area (Å²) >= 11 is 0. The summed E-state index contributed by atoms with van der Waals surface area (Å²) in [6.45, 7) is 9.78. The Morgan fingerprint density at radius 3 is 1.10 bits per heavy atom. The molecule has 2 saturated carbocycles. The molecule has 0 bridgehead atoms. The average molecular weight is 1280 g/mol. The lowest BCUT2D eigenvalue weighted by molar-refractivity contribution is 0.0724. The number of hydrogen-bond donors (Lipinski definition) is 0. The summed E-state index contributed by atoms with van der Waals surface area (Å²) in [5.41, 5.74) is 10.2. The van der Waals surface area contributed by atoms with E-state index in [0.29, 0.717) is 81.1 Å². The second kappa shape index (κ2) is 32.2. The average Bonchev–Trinajstić information content (AvgIpc) is 0.729. The number of carbonyl (C=O) groups is 2. The minimum atomic E-state index is -0.597. The van der Waals surface area contributed by atoms with E-state index in [-0.39, 0.29) is 11.5 Å². The predicted molar refractivity (Wildman–Crippen MR) is 390 cm³/mol. The highest BCUT2D eigenvalue weighted by Crippen LogP contribution is 2.54. The van der Waals surface area contributed by atoms with E-state index in [1.54, 1.807) is 36.4 Å². The lowest BCUT2D eigenvalue weighted by atomic mass is 9.77. The lowest BCUT2D eigenvalue weighted by Crippen LogP contribution is -2.13. The highest BCUT2D eigenvalue weighted by Gasteiger charge is 2.31. The van der Waals surface area contributed by atoms with Crippen LogP contribution in [0.1, 0.15) is 200 Å². The van der Waals surface area contributed by atoms with E-state index in [4.69, 9.17) is 18.9 Å². The van der Waals surface area contributed by atoms with Gasteiger partial charge in [-0.05, 0) is 215 Å². The predicted octanol–water partition coefficient (Wildman–Crippen LogP) is 25.1. The first-order valence-electron chi connectivity index (χ1n) is 35.9. The van der Waals surface area contributed by atoms with Crippen LogP contribution in [-0.2, 0) is 0 Å². The molecule has 0 unspecified atom stereocenters. The molecule has 96 heavy (non-hydrogen) atoms. The van der Waals surface area contributed by atoms with Gasteiger partial charge in [0.15, 0.2) is 23.1 Å². The van der Waals surface area contributed by atoms with Crippen LogP contribution in [0.25, 0.3) is 77.2 Å². The Balaban J connectivity index is 0.981. The van der Waals surface area contributed by atoms with Crippen molar-refractivity contribution in [3.63, 3.8) is 0 Å². The van der Waals surface area contributed by atoms with Crippen LogP contribution in [0, 0.1) is 23.5 Å².